The fraction of sp³-hybridized carbons (Fsp3) is 0.562. The van der Waals surface area contributed by atoms with Gasteiger partial charge in [0.15, 0.2) is 5.11 Å². The molecule has 3 rings (SSSR count). The van der Waals surface area contributed by atoms with Crippen LogP contribution in [0.1, 0.15) is 36.8 Å². The van der Waals surface area contributed by atoms with Crippen LogP contribution in [0.25, 0.3) is 0 Å². The van der Waals surface area contributed by atoms with Gasteiger partial charge < -0.3 is 10.6 Å². The number of hydrogen-bond donors (Lipinski definition) is 2. The van der Waals surface area contributed by atoms with Crippen molar-refractivity contribution in [2.45, 2.75) is 45.6 Å². The number of rotatable bonds is 2. The van der Waals surface area contributed by atoms with Crippen LogP contribution in [0.4, 0.5) is 5.69 Å². The molecule has 1 aromatic carbocycles. The molecule has 19 heavy (non-hydrogen) atoms. The molecule has 2 saturated carbocycles. The van der Waals surface area contributed by atoms with Gasteiger partial charge in [0.2, 0.25) is 0 Å². The van der Waals surface area contributed by atoms with Gasteiger partial charge in [-0.2, -0.15) is 0 Å². The van der Waals surface area contributed by atoms with E-state index in [1.54, 1.807) is 0 Å². The Morgan fingerprint density at radius 2 is 1.84 bits per heavy atom. The molecule has 1 aromatic rings. The highest BCUT2D eigenvalue weighted by molar-refractivity contribution is 7.80. The number of hydrogen-bond acceptors (Lipinski definition) is 1. The highest BCUT2D eigenvalue weighted by Gasteiger charge is 2.39. The van der Waals surface area contributed by atoms with Crippen molar-refractivity contribution in [2.24, 2.45) is 11.8 Å². The Morgan fingerprint density at radius 1 is 1.11 bits per heavy atom. The van der Waals surface area contributed by atoms with Crippen LogP contribution in [0, 0.1) is 25.7 Å². The molecule has 0 unspecified atom stereocenters. The Balaban J connectivity index is 1.59. The van der Waals surface area contributed by atoms with Crippen LogP contribution < -0.4 is 10.6 Å². The standard InChI is InChI=1S/C16H22N2S/c1-10-5-11(2)7-14(6-10)17-16(19)18-15-9-12-3-4-13(15)8-12/h5-7,12-13,15H,3-4,8-9H2,1-2H3,(H2,17,18,19)/t12-,13+,15-/m0/s1. The van der Waals surface area contributed by atoms with Crippen LogP contribution in [0.15, 0.2) is 18.2 Å². The van der Waals surface area contributed by atoms with Crippen molar-refractivity contribution in [3.8, 4) is 0 Å². The molecule has 0 amide bonds. The molecule has 3 atom stereocenters. The molecule has 0 radical (unpaired) electrons. The first-order chi connectivity index (χ1) is 9.10. The van der Waals surface area contributed by atoms with E-state index in [-0.39, 0.29) is 0 Å². The van der Waals surface area contributed by atoms with Crippen LogP contribution >= 0.6 is 12.2 Å². The van der Waals surface area contributed by atoms with E-state index in [2.05, 4.69) is 42.7 Å². The van der Waals surface area contributed by atoms with Crippen LogP contribution in [0.5, 0.6) is 0 Å². The Labute approximate surface area is 121 Å². The molecular weight excluding hydrogens is 252 g/mol. The van der Waals surface area contributed by atoms with Gasteiger partial charge in [-0.05, 0) is 80.4 Å². The van der Waals surface area contributed by atoms with Gasteiger partial charge in [0, 0.05) is 11.7 Å². The SMILES string of the molecule is Cc1cc(C)cc(NC(=S)N[C@H]2C[C@H]3CC[C@@H]2C3)c1. The third kappa shape index (κ3) is 2.92. The van der Waals surface area contributed by atoms with E-state index in [1.165, 1.54) is 36.8 Å². The molecule has 2 aliphatic carbocycles. The van der Waals surface area contributed by atoms with E-state index in [0.29, 0.717) is 6.04 Å². The average Bonchev–Trinajstić information content (AvgIpc) is 2.88. The zero-order valence-corrected chi connectivity index (χ0v) is 12.5. The van der Waals surface area contributed by atoms with Gasteiger partial charge in [-0.3, -0.25) is 0 Å². The Hall–Kier alpha value is -1.09. The number of fused-ring (bicyclic) bond motifs is 2. The Bertz CT molecular complexity index is 477. The van der Waals surface area contributed by atoms with Crippen LogP contribution in [0.2, 0.25) is 0 Å². The van der Waals surface area contributed by atoms with Crippen molar-refractivity contribution in [3.63, 3.8) is 0 Å². The van der Waals surface area contributed by atoms with E-state index in [1.807, 2.05) is 0 Å². The van der Waals surface area contributed by atoms with Gasteiger partial charge in [-0.1, -0.05) is 12.5 Å². The summed E-state index contributed by atoms with van der Waals surface area (Å²) < 4.78 is 0. The zero-order chi connectivity index (χ0) is 13.4. The fourth-order valence-corrected chi connectivity index (χ4v) is 4.07. The minimum atomic E-state index is 0.602. The average molecular weight is 274 g/mol. The molecule has 2 nitrogen and oxygen atoms in total. The summed E-state index contributed by atoms with van der Waals surface area (Å²) in [5.41, 5.74) is 3.63. The maximum absolute atomic E-state index is 5.45. The summed E-state index contributed by atoms with van der Waals surface area (Å²) in [7, 11) is 0. The second kappa shape index (κ2) is 5.12. The Morgan fingerprint density at radius 3 is 2.42 bits per heavy atom. The van der Waals surface area contributed by atoms with Crippen molar-refractivity contribution in [1.82, 2.24) is 5.32 Å². The predicted molar refractivity (Wildman–Crippen MR) is 84.5 cm³/mol. The van der Waals surface area contributed by atoms with Crippen molar-refractivity contribution in [1.29, 1.82) is 0 Å². The van der Waals surface area contributed by atoms with Crippen molar-refractivity contribution < 1.29 is 0 Å². The lowest BCUT2D eigenvalue weighted by molar-refractivity contribution is 0.392. The lowest BCUT2D eigenvalue weighted by Crippen LogP contribution is -2.40. The molecule has 2 N–H and O–H groups in total. The molecule has 2 aliphatic rings. The molecule has 2 bridgehead atoms. The normalized spacial score (nSPS) is 28.4. The van der Waals surface area contributed by atoms with Crippen molar-refractivity contribution in [3.05, 3.63) is 29.3 Å². The number of nitrogens with one attached hydrogen (secondary N) is 2. The first-order valence-corrected chi connectivity index (χ1v) is 7.67. The first kappa shape index (κ1) is 12.9. The molecule has 2 fully saturated rings. The van der Waals surface area contributed by atoms with Crippen molar-refractivity contribution in [2.75, 3.05) is 5.32 Å². The third-order valence-electron chi connectivity index (χ3n) is 4.53. The molecule has 0 aliphatic heterocycles. The molecular formula is C16H22N2S. The monoisotopic (exact) mass is 274 g/mol. The lowest BCUT2D eigenvalue weighted by atomic mass is 9.95. The van der Waals surface area contributed by atoms with Gasteiger partial charge in [0.05, 0.1) is 0 Å². The summed E-state index contributed by atoms with van der Waals surface area (Å²) in [6.07, 6.45) is 5.53. The molecule has 102 valence electrons. The summed E-state index contributed by atoms with van der Waals surface area (Å²) in [4.78, 5) is 0. The van der Waals surface area contributed by atoms with Crippen molar-refractivity contribution >= 4 is 23.0 Å². The predicted octanol–water partition coefficient (Wildman–Crippen LogP) is 3.78. The van der Waals surface area contributed by atoms with Gasteiger partial charge >= 0.3 is 0 Å². The largest absolute Gasteiger partial charge is 0.359 e. The minimum Gasteiger partial charge on any atom is -0.359 e. The van der Waals surface area contributed by atoms with E-state index in [4.69, 9.17) is 12.2 Å². The number of anilines is 1. The van der Waals surface area contributed by atoms with Gasteiger partial charge in [0.25, 0.3) is 0 Å². The van der Waals surface area contributed by atoms with Gasteiger partial charge in [-0.15, -0.1) is 0 Å². The first-order valence-electron chi connectivity index (χ1n) is 7.26. The number of thiocarbonyl (C=S) groups is 1. The smallest absolute Gasteiger partial charge is 0.171 e. The summed E-state index contributed by atoms with van der Waals surface area (Å²) >= 11 is 5.45. The van der Waals surface area contributed by atoms with E-state index < -0.39 is 0 Å². The minimum absolute atomic E-state index is 0.602. The number of aryl methyl sites for hydroxylation is 2. The molecule has 3 heteroatoms. The summed E-state index contributed by atoms with van der Waals surface area (Å²) in [6.45, 7) is 4.23. The molecule has 0 saturated heterocycles. The quantitative estimate of drug-likeness (QED) is 0.803. The summed E-state index contributed by atoms with van der Waals surface area (Å²) in [5, 5.41) is 7.63. The van der Waals surface area contributed by atoms with Gasteiger partial charge in [-0.25, -0.2) is 0 Å². The number of benzene rings is 1. The molecule has 0 heterocycles. The van der Waals surface area contributed by atoms with Crippen LogP contribution in [-0.2, 0) is 0 Å². The summed E-state index contributed by atoms with van der Waals surface area (Å²) in [5.74, 6) is 1.80. The second-order valence-corrected chi connectivity index (χ2v) is 6.66. The molecule has 0 aromatic heterocycles. The van der Waals surface area contributed by atoms with Crippen LogP contribution in [0.3, 0.4) is 0 Å². The maximum atomic E-state index is 5.45. The van der Waals surface area contributed by atoms with E-state index >= 15 is 0 Å². The van der Waals surface area contributed by atoms with Gasteiger partial charge in [0.1, 0.15) is 0 Å². The lowest BCUT2D eigenvalue weighted by Gasteiger charge is -2.24. The van der Waals surface area contributed by atoms with E-state index in [0.717, 1.165) is 22.6 Å². The topological polar surface area (TPSA) is 24.1 Å². The highest BCUT2D eigenvalue weighted by Crippen LogP contribution is 2.44. The maximum Gasteiger partial charge on any atom is 0.171 e. The fourth-order valence-electron chi connectivity index (χ4n) is 3.80. The highest BCUT2D eigenvalue weighted by atomic mass is 32.1. The zero-order valence-electron chi connectivity index (χ0n) is 11.7. The third-order valence-corrected chi connectivity index (χ3v) is 4.75. The second-order valence-electron chi connectivity index (χ2n) is 6.26. The Kier molecular flexibility index (Phi) is 3.48. The van der Waals surface area contributed by atoms with E-state index in [9.17, 15) is 0 Å². The molecule has 0 spiro atoms. The van der Waals surface area contributed by atoms with Crippen LogP contribution in [-0.4, -0.2) is 11.2 Å². The summed E-state index contributed by atoms with van der Waals surface area (Å²) in [6, 6.07) is 7.06.